The molecule has 0 aliphatic carbocycles. The molecule has 0 saturated heterocycles. The summed E-state index contributed by atoms with van der Waals surface area (Å²) in [5.74, 6) is -0.490. The third kappa shape index (κ3) is 7.31. The van der Waals surface area contributed by atoms with Gasteiger partial charge in [0.25, 0.3) is 0 Å². The van der Waals surface area contributed by atoms with E-state index in [1.54, 1.807) is 6.92 Å². The second-order valence-corrected chi connectivity index (χ2v) is 5.07. The largest absolute Gasteiger partial charge is 0.478 e. The van der Waals surface area contributed by atoms with Gasteiger partial charge in [-0.1, -0.05) is 50.8 Å². The Bertz CT molecular complexity index is 300. The zero-order valence-corrected chi connectivity index (χ0v) is 12.3. The Hall–Kier alpha value is -1.05. The molecule has 18 heavy (non-hydrogen) atoms. The van der Waals surface area contributed by atoms with Crippen LogP contribution in [0.5, 0.6) is 0 Å². The van der Waals surface area contributed by atoms with Gasteiger partial charge in [-0.05, 0) is 39.0 Å². The van der Waals surface area contributed by atoms with Crippen molar-refractivity contribution < 1.29 is 9.90 Å². The van der Waals surface area contributed by atoms with E-state index >= 15 is 0 Å². The summed E-state index contributed by atoms with van der Waals surface area (Å²) in [6, 6.07) is 0. The SMILES string of the molecule is CCCCCCC=CCC(C)C(C)=C(C)C(=O)O. The minimum atomic E-state index is -0.803. The third-order valence-corrected chi connectivity index (χ3v) is 3.53. The van der Waals surface area contributed by atoms with Crippen LogP contribution in [-0.4, -0.2) is 11.1 Å². The van der Waals surface area contributed by atoms with Gasteiger partial charge in [-0.15, -0.1) is 0 Å². The zero-order chi connectivity index (χ0) is 14.0. The van der Waals surface area contributed by atoms with Crippen LogP contribution in [0.25, 0.3) is 0 Å². The molecule has 0 bridgehead atoms. The smallest absolute Gasteiger partial charge is 0.331 e. The lowest BCUT2D eigenvalue weighted by Gasteiger charge is -2.11. The molecule has 0 spiro atoms. The van der Waals surface area contributed by atoms with Gasteiger partial charge in [0.2, 0.25) is 0 Å². The second kappa shape index (κ2) is 9.93. The van der Waals surface area contributed by atoms with Gasteiger partial charge >= 0.3 is 5.97 Å². The van der Waals surface area contributed by atoms with Crippen molar-refractivity contribution in [3.05, 3.63) is 23.3 Å². The van der Waals surface area contributed by atoms with Gasteiger partial charge in [-0.2, -0.15) is 0 Å². The Morgan fingerprint density at radius 1 is 1.17 bits per heavy atom. The van der Waals surface area contributed by atoms with Crippen LogP contribution in [0.2, 0.25) is 0 Å². The van der Waals surface area contributed by atoms with Crippen LogP contribution < -0.4 is 0 Å². The molecule has 104 valence electrons. The van der Waals surface area contributed by atoms with Crippen molar-refractivity contribution in [1.82, 2.24) is 0 Å². The normalized spacial score (nSPS) is 14.7. The van der Waals surface area contributed by atoms with Gasteiger partial charge in [0.1, 0.15) is 0 Å². The molecule has 0 amide bonds. The quantitative estimate of drug-likeness (QED) is 0.358. The van der Waals surface area contributed by atoms with E-state index in [0.717, 1.165) is 18.4 Å². The number of unbranched alkanes of at least 4 members (excludes halogenated alkanes) is 4. The number of carbonyl (C=O) groups is 1. The highest BCUT2D eigenvalue weighted by atomic mass is 16.4. The van der Waals surface area contributed by atoms with Crippen LogP contribution in [0.4, 0.5) is 0 Å². The topological polar surface area (TPSA) is 37.3 Å². The number of carboxylic acid groups (broad SMARTS) is 1. The van der Waals surface area contributed by atoms with Crippen LogP contribution in [0, 0.1) is 5.92 Å². The Morgan fingerprint density at radius 2 is 1.83 bits per heavy atom. The van der Waals surface area contributed by atoms with E-state index in [1.165, 1.54) is 25.7 Å². The summed E-state index contributed by atoms with van der Waals surface area (Å²) in [5, 5.41) is 8.92. The molecule has 0 fully saturated rings. The summed E-state index contributed by atoms with van der Waals surface area (Å²) in [5.41, 5.74) is 1.47. The molecule has 0 heterocycles. The van der Waals surface area contributed by atoms with E-state index < -0.39 is 5.97 Å². The van der Waals surface area contributed by atoms with Crippen molar-refractivity contribution in [3.63, 3.8) is 0 Å². The Kier molecular flexibility index (Phi) is 9.35. The predicted molar refractivity (Wildman–Crippen MR) is 77.7 cm³/mol. The van der Waals surface area contributed by atoms with Gasteiger partial charge in [0.15, 0.2) is 0 Å². The van der Waals surface area contributed by atoms with Crippen LogP contribution in [0.1, 0.15) is 66.2 Å². The standard InChI is InChI=1S/C16H28O2/c1-5-6-7-8-9-10-11-12-13(2)14(3)15(4)16(17)18/h10-11,13H,5-9,12H2,1-4H3,(H,17,18). The fourth-order valence-electron chi connectivity index (χ4n) is 1.82. The molecule has 1 unspecified atom stereocenters. The maximum Gasteiger partial charge on any atom is 0.331 e. The monoisotopic (exact) mass is 252 g/mol. The van der Waals surface area contributed by atoms with Gasteiger partial charge in [0.05, 0.1) is 0 Å². The Morgan fingerprint density at radius 3 is 2.39 bits per heavy atom. The number of carboxylic acids is 1. The Balaban J connectivity index is 3.96. The van der Waals surface area contributed by atoms with Gasteiger partial charge in [-0.25, -0.2) is 4.79 Å². The van der Waals surface area contributed by atoms with Gasteiger partial charge < -0.3 is 5.11 Å². The second-order valence-electron chi connectivity index (χ2n) is 5.07. The molecule has 0 aliphatic heterocycles. The number of rotatable bonds is 9. The van der Waals surface area contributed by atoms with E-state index in [1.807, 2.05) is 6.92 Å². The first kappa shape index (κ1) is 16.9. The number of hydrogen-bond acceptors (Lipinski definition) is 1. The molecule has 0 radical (unpaired) electrons. The fraction of sp³-hybridized carbons (Fsp3) is 0.688. The van der Waals surface area contributed by atoms with Crippen molar-refractivity contribution in [2.24, 2.45) is 5.92 Å². The number of aliphatic carboxylic acids is 1. The molecule has 2 heteroatoms. The average Bonchev–Trinajstić information content (AvgIpc) is 2.35. The first-order chi connectivity index (χ1) is 8.50. The first-order valence-electron chi connectivity index (χ1n) is 7.06. The van der Waals surface area contributed by atoms with Crippen LogP contribution >= 0.6 is 0 Å². The molecule has 0 aromatic carbocycles. The van der Waals surface area contributed by atoms with E-state index in [9.17, 15) is 4.79 Å². The predicted octanol–water partition coefficient (Wildman–Crippen LogP) is 4.96. The van der Waals surface area contributed by atoms with E-state index in [2.05, 4.69) is 26.0 Å². The van der Waals surface area contributed by atoms with Crippen molar-refractivity contribution in [2.45, 2.75) is 66.2 Å². The highest BCUT2D eigenvalue weighted by Gasteiger charge is 2.10. The molecule has 0 aromatic heterocycles. The maximum absolute atomic E-state index is 10.8. The van der Waals surface area contributed by atoms with Crippen molar-refractivity contribution in [1.29, 1.82) is 0 Å². The maximum atomic E-state index is 10.8. The van der Waals surface area contributed by atoms with Crippen molar-refractivity contribution in [2.75, 3.05) is 0 Å². The molecule has 0 saturated carbocycles. The molecule has 0 aromatic rings. The van der Waals surface area contributed by atoms with Gasteiger partial charge in [-0.3, -0.25) is 0 Å². The average molecular weight is 252 g/mol. The lowest BCUT2D eigenvalue weighted by molar-refractivity contribution is -0.132. The van der Waals surface area contributed by atoms with Crippen LogP contribution in [0.3, 0.4) is 0 Å². The minimum Gasteiger partial charge on any atom is -0.478 e. The molecule has 1 atom stereocenters. The summed E-state index contributed by atoms with van der Waals surface area (Å²) in [6.07, 6.45) is 11.7. The summed E-state index contributed by atoms with van der Waals surface area (Å²) < 4.78 is 0. The summed E-state index contributed by atoms with van der Waals surface area (Å²) in [7, 11) is 0. The van der Waals surface area contributed by atoms with Crippen LogP contribution in [-0.2, 0) is 4.79 Å². The molecular weight excluding hydrogens is 224 g/mol. The molecule has 1 N–H and O–H groups in total. The van der Waals surface area contributed by atoms with E-state index in [4.69, 9.17) is 5.11 Å². The third-order valence-electron chi connectivity index (χ3n) is 3.53. The highest BCUT2D eigenvalue weighted by molar-refractivity contribution is 5.86. The molecular formula is C16H28O2. The first-order valence-corrected chi connectivity index (χ1v) is 7.06. The van der Waals surface area contributed by atoms with Gasteiger partial charge in [0, 0.05) is 5.57 Å². The van der Waals surface area contributed by atoms with Crippen molar-refractivity contribution in [3.8, 4) is 0 Å². The fourth-order valence-corrected chi connectivity index (χ4v) is 1.82. The molecule has 2 nitrogen and oxygen atoms in total. The molecule has 0 rings (SSSR count). The lowest BCUT2D eigenvalue weighted by Crippen LogP contribution is -2.05. The van der Waals surface area contributed by atoms with Crippen molar-refractivity contribution >= 4 is 5.97 Å². The summed E-state index contributed by atoms with van der Waals surface area (Å²) in [6.45, 7) is 7.91. The van der Waals surface area contributed by atoms with Crippen LogP contribution in [0.15, 0.2) is 23.3 Å². The highest BCUT2D eigenvalue weighted by Crippen LogP contribution is 2.19. The zero-order valence-electron chi connectivity index (χ0n) is 12.3. The number of allylic oxidation sites excluding steroid dienone is 3. The van der Waals surface area contributed by atoms with E-state index in [0.29, 0.717) is 11.5 Å². The molecule has 0 aliphatic rings. The van der Waals surface area contributed by atoms with E-state index in [-0.39, 0.29) is 0 Å². The minimum absolute atomic E-state index is 0.313. The number of hydrogen-bond donors (Lipinski definition) is 1. The summed E-state index contributed by atoms with van der Waals surface area (Å²) >= 11 is 0. The summed E-state index contributed by atoms with van der Waals surface area (Å²) in [4.78, 5) is 10.8. The lowest BCUT2D eigenvalue weighted by atomic mass is 9.94. The Labute approximate surface area is 112 Å².